The molecule has 0 fully saturated rings. The second-order valence-corrected chi connectivity index (χ2v) is 5.30. The van der Waals surface area contributed by atoms with Gasteiger partial charge in [0.05, 0.1) is 11.8 Å². The van der Waals surface area contributed by atoms with Crippen molar-refractivity contribution < 1.29 is 4.74 Å². The molecule has 1 heterocycles. The number of benzene rings is 1. The van der Waals surface area contributed by atoms with E-state index in [-0.39, 0.29) is 6.04 Å². The van der Waals surface area contributed by atoms with Crippen LogP contribution >= 0.6 is 0 Å². The largest absolute Gasteiger partial charge is 0.379 e. The highest BCUT2D eigenvalue weighted by molar-refractivity contribution is 5.35. The molecule has 1 aromatic carbocycles. The molecule has 1 aromatic heterocycles. The lowest BCUT2D eigenvalue weighted by Crippen LogP contribution is -2.21. The first kappa shape index (κ1) is 15.6. The number of ether oxygens (including phenoxy) is 1. The summed E-state index contributed by atoms with van der Waals surface area (Å²) in [4.78, 5) is 0. The van der Waals surface area contributed by atoms with Gasteiger partial charge in [-0.15, -0.1) is 5.10 Å². The molecule has 0 radical (unpaired) electrons. The third kappa shape index (κ3) is 4.91. The topological polar surface area (TPSA) is 64.9 Å². The van der Waals surface area contributed by atoms with E-state index in [1.807, 2.05) is 12.1 Å². The second kappa shape index (κ2) is 7.85. The summed E-state index contributed by atoms with van der Waals surface area (Å²) in [6.07, 6.45) is 2.91. The highest BCUT2D eigenvalue weighted by Gasteiger charge is 2.06. The van der Waals surface area contributed by atoms with Crippen molar-refractivity contribution in [2.45, 2.75) is 39.3 Å². The maximum Gasteiger partial charge on any atom is 0.143 e. The summed E-state index contributed by atoms with van der Waals surface area (Å²) in [7, 11) is 0. The molecule has 0 bridgehead atoms. The zero-order valence-electron chi connectivity index (χ0n) is 12.9. The third-order valence-corrected chi connectivity index (χ3v) is 3.21. The van der Waals surface area contributed by atoms with Crippen LogP contribution in [0.2, 0.25) is 0 Å². The van der Waals surface area contributed by atoms with E-state index in [9.17, 15) is 0 Å². The first-order valence-corrected chi connectivity index (χ1v) is 7.35. The van der Waals surface area contributed by atoms with Crippen LogP contribution in [0.3, 0.4) is 0 Å². The molecule has 1 N–H and O–H groups in total. The molecule has 1 atom stereocenters. The van der Waals surface area contributed by atoms with Gasteiger partial charge >= 0.3 is 0 Å². The van der Waals surface area contributed by atoms with Crippen LogP contribution in [0, 0.1) is 0 Å². The molecule has 6 heteroatoms. The normalized spacial score (nSPS) is 12.8. The molecular formula is C15H23N5O. The molecular weight excluding hydrogens is 266 g/mol. The number of nitrogens with zero attached hydrogens (tertiary/aromatic N) is 4. The Labute approximate surface area is 125 Å². The van der Waals surface area contributed by atoms with Crippen molar-refractivity contribution in [1.29, 1.82) is 0 Å². The average Bonchev–Trinajstić information content (AvgIpc) is 3.01. The van der Waals surface area contributed by atoms with E-state index in [1.54, 1.807) is 11.0 Å². The lowest BCUT2D eigenvalue weighted by Gasteiger charge is -2.15. The van der Waals surface area contributed by atoms with E-state index < -0.39 is 0 Å². The summed E-state index contributed by atoms with van der Waals surface area (Å²) in [6.45, 7) is 7.99. The van der Waals surface area contributed by atoms with Gasteiger partial charge in [-0.05, 0) is 61.9 Å². The molecule has 6 nitrogen and oxygen atoms in total. The van der Waals surface area contributed by atoms with Crippen LogP contribution in [0.25, 0.3) is 5.69 Å². The summed E-state index contributed by atoms with van der Waals surface area (Å²) in [5.41, 5.74) is 2.18. The van der Waals surface area contributed by atoms with Crippen LogP contribution < -0.4 is 5.32 Å². The Morgan fingerprint density at radius 3 is 2.86 bits per heavy atom. The molecule has 0 aliphatic rings. The van der Waals surface area contributed by atoms with Crippen molar-refractivity contribution in [3.8, 4) is 5.69 Å². The Hall–Kier alpha value is -1.79. The summed E-state index contributed by atoms with van der Waals surface area (Å²) in [5.74, 6) is 0. The zero-order valence-corrected chi connectivity index (χ0v) is 12.9. The molecule has 21 heavy (non-hydrogen) atoms. The van der Waals surface area contributed by atoms with Gasteiger partial charge in [-0.3, -0.25) is 0 Å². The standard InChI is InChI=1S/C15H23N5O/c1-12(2)21-9-5-8-16-13(3)14-6-4-7-15(10-14)20-11-17-18-19-20/h4,6-7,10-13,16H,5,8-9H2,1-3H3. The number of aromatic nitrogens is 4. The molecule has 0 spiro atoms. The summed E-state index contributed by atoms with van der Waals surface area (Å²) >= 11 is 0. The highest BCUT2D eigenvalue weighted by atomic mass is 16.5. The zero-order chi connectivity index (χ0) is 15.1. The van der Waals surface area contributed by atoms with Crippen molar-refractivity contribution >= 4 is 0 Å². The predicted octanol–water partition coefficient (Wildman–Crippen LogP) is 2.13. The molecule has 0 saturated carbocycles. The lowest BCUT2D eigenvalue weighted by molar-refractivity contribution is 0.0768. The predicted molar refractivity (Wildman–Crippen MR) is 81.3 cm³/mol. The van der Waals surface area contributed by atoms with E-state index in [0.717, 1.165) is 25.3 Å². The Bertz CT molecular complexity index is 527. The van der Waals surface area contributed by atoms with E-state index in [4.69, 9.17) is 4.74 Å². The van der Waals surface area contributed by atoms with Crippen LogP contribution in [-0.4, -0.2) is 39.5 Å². The van der Waals surface area contributed by atoms with E-state index in [2.05, 4.69) is 53.7 Å². The van der Waals surface area contributed by atoms with Crippen molar-refractivity contribution in [3.63, 3.8) is 0 Å². The van der Waals surface area contributed by atoms with Crippen molar-refractivity contribution in [3.05, 3.63) is 36.2 Å². The van der Waals surface area contributed by atoms with Gasteiger partial charge in [0.1, 0.15) is 6.33 Å². The minimum absolute atomic E-state index is 0.278. The maximum atomic E-state index is 5.53. The Morgan fingerprint density at radius 1 is 1.29 bits per heavy atom. The minimum Gasteiger partial charge on any atom is -0.379 e. The van der Waals surface area contributed by atoms with E-state index in [1.165, 1.54) is 5.56 Å². The summed E-state index contributed by atoms with van der Waals surface area (Å²) in [6, 6.07) is 8.49. The van der Waals surface area contributed by atoms with Gasteiger partial charge in [0, 0.05) is 12.6 Å². The number of tetrazole rings is 1. The fraction of sp³-hybridized carbons (Fsp3) is 0.533. The van der Waals surface area contributed by atoms with Crippen LogP contribution in [0.1, 0.15) is 38.8 Å². The van der Waals surface area contributed by atoms with Crippen LogP contribution in [0.5, 0.6) is 0 Å². The van der Waals surface area contributed by atoms with Crippen LogP contribution in [0.4, 0.5) is 0 Å². The molecule has 0 amide bonds. The number of hydrogen-bond acceptors (Lipinski definition) is 5. The minimum atomic E-state index is 0.278. The van der Waals surface area contributed by atoms with Crippen molar-refractivity contribution in [2.75, 3.05) is 13.2 Å². The van der Waals surface area contributed by atoms with Crippen molar-refractivity contribution in [1.82, 2.24) is 25.5 Å². The van der Waals surface area contributed by atoms with Gasteiger partial charge in [-0.25, -0.2) is 4.68 Å². The first-order chi connectivity index (χ1) is 10.2. The highest BCUT2D eigenvalue weighted by Crippen LogP contribution is 2.16. The van der Waals surface area contributed by atoms with Gasteiger partial charge < -0.3 is 10.1 Å². The Balaban J connectivity index is 1.85. The molecule has 0 saturated heterocycles. The van der Waals surface area contributed by atoms with Gasteiger partial charge in [0.2, 0.25) is 0 Å². The maximum absolute atomic E-state index is 5.53. The smallest absolute Gasteiger partial charge is 0.143 e. The lowest BCUT2D eigenvalue weighted by atomic mass is 10.1. The molecule has 114 valence electrons. The first-order valence-electron chi connectivity index (χ1n) is 7.35. The quantitative estimate of drug-likeness (QED) is 0.754. The third-order valence-electron chi connectivity index (χ3n) is 3.21. The monoisotopic (exact) mass is 289 g/mol. The second-order valence-electron chi connectivity index (χ2n) is 5.30. The Morgan fingerprint density at radius 2 is 2.14 bits per heavy atom. The van der Waals surface area contributed by atoms with E-state index in [0.29, 0.717) is 6.10 Å². The van der Waals surface area contributed by atoms with Crippen LogP contribution in [0.15, 0.2) is 30.6 Å². The summed E-state index contributed by atoms with van der Waals surface area (Å²) < 4.78 is 7.19. The molecule has 1 unspecified atom stereocenters. The molecule has 0 aliphatic heterocycles. The fourth-order valence-corrected chi connectivity index (χ4v) is 2.04. The van der Waals surface area contributed by atoms with Gasteiger partial charge in [0.15, 0.2) is 0 Å². The number of nitrogens with one attached hydrogen (secondary N) is 1. The van der Waals surface area contributed by atoms with Crippen LogP contribution in [-0.2, 0) is 4.74 Å². The van der Waals surface area contributed by atoms with Gasteiger partial charge in [0.25, 0.3) is 0 Å². The number of rotatable bonds is 8. The fourth-order valence-electron chi connectivity index (χ4n) is 2.04. The molecule has 0 aliphatic carbocycles. The summed E-state index contributed by atoms with van der Waals surface area (Å²) in [5, 5.41) is 14.7. The van der Waals surface area contributed by atoms with Gasteiger partial charge in [-0.1, -0.05) is 12.1 Å². The SMILES string of the molecule is CC(C)OCCCNC(C)c1cccc(-n2cnnn2)c1. The van der Waals surface area contributed by atoms with Gasteiger partial charge in [-0.2, -0.15) is 0 Å². The molecule has 2 rings (SSSR count). The van der Waals surface area contributed by atoms with Crippen molar-refractivity contribution in [2.24, 2.45) is 0 Å². The van der Waals surface area contributed by atoms with E-state index >= 15 is 0 Å². The average molecular weight is 289 g/mol. The Kier molecular flexibility index (Phi) is 5.83. The molecule has 2 aromatic rings. The number of hydrogen-bond donors (Lipinski definition) is 1.